The van der Waals surface area contributed by atoms with Crippen molar-refractivity contribution in [2.75, 3.05) is 6.61 Å². The molecule has 0 aliphatic rings. The van der Waals surface area contributed by atoms with Crippen LogP contribution >= 0.6 is 0 Å². The molecule has 2 N–H and O–H groups in total. The average molecular weight is 358 g/mol. The van der Waals surface area contributed by atoms with Crippen LogP contribution in [0.4, 0.5) is 4.39 Å². The van der Waals surface area contributed by atoms with Crippen LogP contribution in [0.2, 0.25) is 0 Å². The van der Waals surface area contributed by atoms with E-state index in [1.807, 2.05) is 19.9 Å². The molecule has 0 amide bonds. The predicted molar refractivity (Wildman–Crippen MR) is 99.2 cm³/mol. The molecule has 0 unspecified atom stereocenters. The minimum Gasteiger partial charge on any atom is -0.508 e. The molecule has 5 heteroatoms. The van der Waals surface area contributed by atoms with E-state index in [1.165, 1.54) is 12.1 Å². The first kappa shape index (κ1) is 19.5. The first-order chi connectivity index (χ1) is 12.2. The Morgan fingerprint density at radius 1 is 1.27 bits per heavy atom. The molecule has 0 aliphatic heterocycles. The number of aromatic hydroxyl groups is 1. The van der Waals surface area contributed by atoms with E-state index in [0.717, 1.165) is 22.3 Å². The Kier molecular flexibility index (Phi) is 6.03. The van der Waals surface area contributed by atoms with Gasteiger partial charge in [0.25, 0.3) is 0 Å². The first-order valence-electron chi connectivity index (χ1n) is 8.33. The normalized spacial score (nSPS) is 10.8. The Morgan fingerprint density at radius 3 is 2.54 bits per heavy atom. The van der Waals surface area contributed by atoms with E-state index >= 15 is 0 Å². The number of ether oxygens (including phenoxy) is 1. The van der Waals surface area contributed by atoms with Gasteiger partial charge in [0.05, 0.1) is 0 Å². The lowest BCUT2D eigenvalue weighted by Gasteiger charge is -2.15. The molecule has 0 aliphatic carbocycles. The second kappa shape index (κ2) is 8.04. The van der Waals surface area contributed by atoms with Gasteiger partial charge in [0.2, 0.25) is 0 Å². The van der Waals surface area contributed by atoms with Gasteiger partial charge in [0.1, 0.15) is 5.75 Å². The van der Waals surface area contributed by atoms with Gasteiger partial charge >= 0.3 is 5.97 Å². The monoisotopic (exact) mass is 358 g/mol. The predicted octanol–water partition coefficient (Wildman–Crippen LogP) is 4.74. The number of carbonyl (C=O) groups is 1. The standard InChI is InChI=1S/C21H23FO4/c1-12(2)16-10-20(26-11-21(24)25)18(22)9-15(16)7-14-5-6-19(23)17(8-14)13(3)4/h5-6,8-10,13,23H,1,7,11H2,2-4H3,(H,24,25). The molecular formula is C21H23FO4. The fourth-order valence-electron chi connectivity index (χ4n) is 2.78. The highest BCUT2D eigenvalue weighted by Crippen LogP contribution is 2.31. The summed E-state index contributed by atoms with van der Waals surface area (Å²) in [6.45, 7) is 9.09. The Morgan fingerprint density at radius 2 is 1.96 bits per heavy atom. The highest BCUT2D eigenvalue weighted by atomic mass is 19.1. The smallest absolute Gasteiger partial charge is 0.341 e. The maximum Gasteiger partial charge on any atom is 0.341 e. The van der Waals surface area contributed by atoms with E-state index < -0.39 is 18.4 Å². The van der Waals surface area contributed by atoms with Crippen molar-refractivity contribution >= 4 is 11.5 Å². The maximum atomic E-state index is 14.3. The second-order valence-electron chi connectivity index (χ2n) is 6.63. The van der Waals surface area contributed by atoms with Crippen LogP contribution in [-0.4, -0.2) is 22.8 Å². The third-order valence-corrected chi connectivity index (χ3v) is 4.08. The molecule has 2 aromatic rings. The highest BCUT2D eigenvalue weighted by molar-refractivity contribution is 5.69. The Labute approximate surface area is 152 Å². The SMILES string of the molecule is C=C(C)c1cc(OCC(=O)O)c(F)cc1Cc1ccc(O)c(C(C)C)c1. The quantitative estimate of drug-likeness (QED) is 0.750. The molecule has 0 saturated carbocycles. The lowest BCUT2D eigenvalue weighted by atomic mass is 9.93. The van der Waals surface area contributed by atoms with Crippen LogP contribution in [0.15, 0.2) is 36.9 Å². The molecule has 0 spiro atoms. The first-order valence-corrected chi connectivity index (χ1v) is 8.33. The summed E-state index contributed by atoms with van der Waals surface area (Å²) in [7, 11) is 0. The minimum atomic E-state index is -1.17. The number of carboxylic acid groups (broad SMARTS) is 1. The summed E-state index contributed by atoms with van der Waals surface area (Å²) < 4.78 is 19.3. The molecule has 2 rings (SSSR count). The number of phenols is 1. The number of hydrogen-bond donors (Lipinski definition) is 2. The maximum absolute atomic E-state index is 14.3. The van der Waals surface area contributed by atoms with Crippen molar-refractivity contribution in [3.05, 3.63) is 65.0 Å². The molecule has 0 radical (unpaired) electrons. The van der Waals surface area contributed by atoms with Gasteiger partial charge in [0.15, 0.2) is 18.2 Å². The second-order valence-corrected chi connectivity index (χ2v) is 6.63. The third kappa shape index (κ3) is 4.63. The fourth-order valence-corrected chi connectivity index (χ4v) is 2.78. The van der Waals surface area contributed by atoms with Crippen LogP contribution in [-0.2, 0) is 11.2 Å². The van der Waals surface area contributed by atoms with Crippen molar-refractivity contribution in [1.29, 1.82) is 0 Å². The molecule has 4 nitrogen and oxygen atoms in total. The zero-order valence-electron chi connectivity index (χ0n) is 15.2. The zero-order valence-corrected chi connectivity index (χ0v) is 15.2. The summed E-state index contributed by atoms with van der Waals surface area (Å²) in [4.78, 5) is 10.6. The van der Waals surface area contributed by atoms with Gasteiger partial charge in [0, 0.05) is 0 Å². The number of hydrogen-bond acceptors (Lipinski definition) is 3. The highest BCUT2D eigenvalue weighted by Gasteiger charge is 2.14. The summed E-state index contributed by atoms with van der Waals surface area (Å²) in [6.07, 6.45) is 0.457. The van der Waals surface area contributed by atoms with Gasteiger partial charge in [-0.25, -0.2) is 9.18 Å². The number of halogens is 1. The average Bonchev–Trinajstić information content (AvgIpc) is 2.55. The van der Waals surface area contributed by atoms with E-state index in [1.54, 1.807) is 19.1 Å². The van der Waals surface area contributed by atoms with Crippen LogP contribution in [0.1, 0.15) is 48.9 Å². The minimum absolute atomic E-state index is 0.109. The molecule has 0 atom stereocenters. The van der Waals surface area contributed by atoms with Gasteiger partial charge < -0.3 is 14.9 Å². The lowest BCUT2D eigenvalue weighted by Crippen LogP contribution is -2.11. The number of allylic oxidation sites excluding steroid dienone is 1. The number of benzene rings is 2. The van der Waals surface area contributed by atoms with E-state index in [-0.39, 0.29) is 17.4 Å². The van der Waals surface area contributed by atoms with Gasteiger partial charge in [-0.3, -0.25) is 0 Å². The van der Waals surface area contributed by atoms with Crippen molar-refractivity contribution < 1.29 is 24.1 Å². The van der Waals surface area contributed by atoms with E-state index in [2.05, 4.69) is 6.58 Å². The molecule has 0 fully saturated rings. The molecule has 0 saturated heterocycles. The van der Waals surface area contributed by atoms with Gasteiger partial charge in [-0.15, -0.1) is 0 Å². The van der Waals surface area contributed by atoms with Gasteiger partial charge in [-0.05, 0) is 59.7 Å². The van der Waals surface area contributed by atoms with Crippen molar-refractivity contribution in [3.63, 3.8) is 0 Å². The van der Waals surface area contributed by atoms with Crippen molar-refractivity contribution in [2.45, 2.75) is 33.1 Å². The lowest BCUT2D eigenvalue weighted by molar-refractivity contribution is -0.139. The molecule has 0 heterocycles. The number of carboxylic acids is 1. The fraction of sp³-hybridized carbons (Fsp3) is 0.286. The molecule has 26 heavy (non-hydrogen) atoms. The van der Waals surface area contributed by atoms with Crippen molar-refractivity contribution in [2.24, 2.45) is 0 Å². The summed E-state index contributed by atoms with van der Waals surface area (Å²) in [6, 6.07) is 8.19. The zero-order chi connectivity index (χ0) is 19.4. The van der Waals surface area contributed by atoms with E-state index in [0.29, 0.717) is 12.0 Å². The van der Waals surface area contributed by atoms with Gasteiger partial charge in [-0.1, -0.05) is 38.1 Å². The van der Waals surface area contributed by atoms with Crippen LogP contribution in [0.3, 0.4) is 0 Å². The summed E-state index contributed by atoms with van der Waals surface area (Å²) >= 11 is 0. The van der Waals surface area contributed by atoms with E-state index in [4.69, 9.17) is 9.84 Å². The number of aliphatic carboxylic acids is 1. The summed E-state index contributed by atoms with van der Waals surface area (Å²) in [5.74, 6) is -1.49. The van der Waals surface area contributed by atoms with E-state index in [9.17, 15) is 14.3 Å². The number of phenolic OH excluding ortho intramolecular Hbond substituents is 1. The third-order valence-electron chi connectivity index (χ3n) is 4.08. The molecular weight excluding hydrogens is 335 g/mol. The summed E-state index contributed by atoms with van der Waals surface area (Å²) in [5, 5.41) is 18.7. The van der Waals surface area contributed by atoms with Crippen molar-refractivity contribution in [3.8, 4) is 11.5 Å². The Bertz CT molecular complexity index is 840. The van der Waals surface area contributed by atoms with Crippen LogP contribution in [0, 0.1) is 5.82 Å². The van der Waals surface area contributed by atoms with Gasteiger partial charge in [-0.2, -0.15) is 0 Å². The van der Waals surface area contributed by atoms with Crippen molar-refractivity contribution in [1.82, 2.24) is 0 Å². The number of rotatable bonds is 7. The summed E-state index contributed by atoms with van der Waals surface area (Å²) in [5.41, 5.74) is 3.93. The van der Waals surface area contributed by atoms with Crippen LogP contribution in [0.5, 0.6) is 11.5 Å². The van der Waals surface area contributed by atoms with Crippen LogP contribution < -0.4 is 4.74 Å². The van der Waals surface area contributed by atoms with Crippen LogP contribution in [0.25, 0.3) is 5.57 Å². The Balaban J connectivity index is 2.40. The molecule has 0 bridgehead atoms. The Hall–Kier alpha value is -2.82. The largest absolute Gasteiger partial charge is 0.508 e. The molecule has 2 aromatic carbocycles. The molecule has 138 valence electrons. The molecule has 0 aromatic heterocycles. The topological polar surface area (TPSA) is 66.8 Å².